The quantitative estimate of drug-likeness (QED) is 0.636. The average molecular weight is 287 g/mol. The fourth-order valence-electron chi connectivity index (χ4n) is 0.891. The lowest BCUT2D eigenvalue weighted by atomic mass is 10.1. The van der Waals surface area contributed by atoms with Crippen molar-refractivity contribution in [2.45, 2.75) is 6.18 Å². The number of phenols is 1. The van der Waals surface area contributed by atoms with Crippen LogP contribution in [0.1, 0.15) is 10.4 Å². The van der Waals surface area contributed by atoms with Gasteiger partial charge in [-0.05, 0) is 28.1 Å². The number of phenolic OH excluding ortho intramolecular Hbond substituents is 1. The molecule has 1 aromatic rings. The maximum Gasteiger partial charge on any atom is 0.455 e. The van der Waals surface area contributed by atoms with Crippen LogP contribution >= 0.6 is 15.9 Å². The Morgan fingerprint density at radius 2 is 1.87 bits per heavy atom. The van der Waals surface area contributed by atoms with Gasteiger partial charge in [0.15, 0.2) is 11.6 Å². The van der Waals surface area contributed by atoms with E-state index >= 15 is 0 Å². The molecule has 0 aliphatic heterocycles. The summed E-state index contributed by atoms with van der Waals surface area (Å²) in [6.45, 7) is 0. The normalized spacial score (nSPS) is 11.5. The summed E-state index contributed by atoms with van der Waals surface area (Å²) in [5, 5.41) is 8.82. The lowest BCUT2D eigenvalue weighted by Crippen LogP contribution is -2.24. The highest BCUT2D eigenvalue weighted by molar-refractivity contribution is 9.10. The second-order valence-corrected chi connectivity index (χ2v) is 3.44. The van der Waals surface area contributed by atoms with Gasteiger partial charge in [-0.3, -0.25) is 4.79 Å². The highest BCUT2D eigenvalue weighted by Gasteiger charge is 2.42. The van der Waals surface area contributed by atoms with Crippen molar-refractivity contribution in [3.63, 3.8) is 0 Å². The van der Waals surface area contributed by atoms with Crippen LogP contribution in [0.15, 0.2) is 16.6 Å². The first-order valence-corrected chi connectivity index (χ1v) is 4.33. The predicted molar refractivity (Wildman–Crippen MR) is 46.2 cm³/mol. The zero-order valence-corrected chi connectivity index (χ0v) is 8.49. The number of ketones is 1. The zero-order chi connectivity index (χ0) is 11.8. The van der Waals surface area contributed by atoms with Crippen molar-refractivity contribution in [1.29, 1.82) is 0 Å². The van der Waals surface area contributed by atoms with Gasteiger partial charge >= 0.3 is 6.18 Å². The first-order chi connectivity index (χ1) is 6.75. The van der Waals surface area contributed by atoms with Gasteiger partial charge in [-0.25, -0.2) is 4.39 Å². The minimum atomic E-state index is -5.18. The van der Waals surface area contributed by atoms with E-state index in [0.29, 0.717) is 0 Å². The summed E-state index contributed by atoms with van der Waals surface area (Å²) in [6, 6.07) is 1.80. The molecule has 1 N–H and O–H groups in total. The molecule has 0 aliphatic rings. The molecule has 0 aromatic heterocycles. The lowest BCUT2D eigenvalue weighted by Gasteiger charge is -2.08. The molecular formula is C8H3BrF4O2. The van der Waals surface area contributed by atoms with Crippen LogP contribution in [0.2, 0.25) is 0 Å². The zero-order valence-electron chi connectivity index (χ0n) is 6.90. The third-order valence-electron chi connectivity index (χ3n) is 1.56. The van der Waals surface area contributed by atoms with Gasteiger partial charge in [0.2, 0.25) is 0 Å². The molecule has 0 radical (unpaired) electrons. The first-order valence-electron chi connectivity index (χ1n) is 3.53. The number of Topliss-reactive ketones (excluding diaryl/α,β-unsaturated/α-hetero) is 1. The molecule has 1 rings (SSSR count). The molecule has 0 atom stereocenters. The average Bonchev–Trinajstić information content (AvgIpc) is 2.10. The minimum absolute atomic E-state index is 0.361. The molecule has 1 aromatic carbocycles. The Hall–Kier alpha value is -1.11. The Bertz CT molecular complexity index is 414. The molecule has 0 unspecified atom stereocenters. The number of alkyl halides is 3. The van der Waals surface area contributed by atoms with Crippen molar-refractivity contribution in [3.05, 3.63) is 28.0 Å². The molecule has 2 nitrogen and oxygen atoms in total. The fraction of sp³-hybridized carbons (Fsp3) is 0.125. The number of aromatic hydroxyl groups is 1. The van der Waals surface area contributed by atoms with Crippen molar-refractivity contribution < 1.29 is 27.5 Å². The van der Waals surface area contributed by atoms with E-state index < -0.39 is 29.1 Å². The smallest absolute Gasteiger partial charge is 0.455 e. The molecule has 0 saturated carbocycles. The van der Waals surface area contributed by atoms with E-state index in [2.05, 4.69) is 15.9 Å². The minimum Gasteiger partial charge on any atom is -0.505 e. The van der Waals surface area contributed by atoms with E-state index in [1.54, 1.807) is 0 Å². The molecule has 0 bridgehead atoms. The standard InChI is InChI=1S/C8H3BrF4O2/c9-3-1-2-4(14)6(10)5(3)7(15)8(11,12)13/h1-2,14H. The van der Waals surface area contributed by atoms with Crippen LogP contribution in [0.3, 0.4) is 0 Å². The van der Waals surface area contributed by atoms with Crippen LogP contribution in [-0.4, -0.2) is 17.1 Å². The number of rotatable bonds is 1. The van der Waals surface area contributed by atoms with Gasteiger partial charge in [0.25, 0.3) is 5.78 Å². The van der Waals surface area contributed by atoms with E-state index in [1.807, 2.05) is 0 Å². The molecule has 0 saturated heterocycles. The maximum absolute atomic E-state index is 13.0. The molecule has 0 amide bonds. The molecule has 0 spiro atoms. The number of carbonyl (C=O) groups excluding carboxylic acids is 1. The van der Waals surface area contributed by atoms with Gasteiger partial charge < -0.3 is 5.11 Å². The molecule has 15 heavy (non-hydrogen) atoms. The van der Waals surface area contributed by atoms with E-state index in [9.17, 15) is 22.4 Å². The highest BCUT2D eigenvalue weighted by Crippen LogP contribution is 2.32. The van der Waals surface area contributed by atoms with E-state index in [4.69, 9.17) is 5.11 Å². The van der Waals surface area contributed by atoms with Gasteiger partial charge in [-0.2, -0.15) is 13.2 Å². The second kappa shape index (κ2) is 3.80. The summed E-state index contributed by atoms with van der Waals surface area (Å²) < 4.78 is 48.7. The van der Waals surface area contributed by atoms with Crippen LogP contribution in [-0.2, 0) is 0 Å². The maximum atomic E-state index is 13.0. The Balaban J connectivity index is 3.38. The number of halogens is 5. The third kappa shape index (κ3) is 2.28. The number of carbonyl (C=O) groups is 1. The highest BCUT2D eigenvalue weighted by atomic mass is 79.9. The van der Waals surface area contributed by atoms with Gasteiger partial charge in [-0.15, -0.1) is 0 Å². The summed E-state index contributed by atoms with van der Waals surface area (Å²) >= 11 is 2.60. The summed E-state index contributed by atoms with van der Waals surface area (Å²) in [5.41, 5.74) is -1.22. The second-order valence-electron chi connectivity index (χ2n) is 2.58. The summed E-state index contributed by atoms with van der Waals surface area (Å²) in [4.78, 5) is 10.8. The molecule has 82 valence electrons. The summed E-state index contributed by atoms with van der Waals surface area (Å²) in [5.74, 6) is -4.94. The van der Waals surface area contributed by atoms with Gasteiger partial charge in [-0.1, -0.05) is 0 Å². The van der Waals surface area contributed by atoms with E-state index in [0.717, 1.165) is 12.1 Å². The third-order valence-corrected chi connectivity index (χ3v) is 2.22. The van der Waals surface area contributed by atoms with E-state index in [-0.39, 0.29) is 4.47 Å². The van der Waals surface area contributed by atoms with Crippen LogP contribution in [0.25, 0.3) is 0 Å². The van der Waals surface area contributed by atoms with E-state index in [1.165, 1.54) is 0 Å². The molecule has 7 heteroatoms. The lowest BCUT2D eigenvalue weighted by molar-refractivity contribution is -0.0888. The van der Waals surface area contributed by atoms with Crippen LogP contribution in [0.4, 0.5) is 17.6 Å². The van der Waals surface area contributed by atoms with Gasteiger partial charge in [0, 0.05) is 4.47 Å². The Morgan fingerprint density at radius 3 is 2.33 bits per heavy atom. The van der Waals surface area contributed by atoms with Crippen molar-refractivity contribution in [2.75, 3.05) is 0 Å². The van der Waals surface area contributed by atoms with Crippen molar-refractivity contribution >= 4 is 21.7 Å². The Labute approximate surface area is 89.6 Å². The van der Waals surface area contributed by atoms with Crippen LogP contribution in [0, 0.1) is 5.82 Å². The van der Waals surface area contributed by atoms with Crippen molar-refractivity contribution in [2.24, 2.45) is 0 Å². The van der Waals surface area contributed by atoms with Crippen LogP contribution < -0.4 is 0 Å². The number of hydrogen-bond donors (Lipinski definition) is 1. The molecule has 0 fully saturated rings. The molecular weight excluding hydrogens is 284 g/mol. The largest absolute Gasteiger partial charge is 0.505 e. The molecule has 0 heterocycles. The monoisotopic (exact) mass is 286 g/mol. The van der Waals surface area contributed by atoms with Crippen molar-refractivity contribution in [1.82, 2.24) is 0 Å². The Kier molecular flexibility index (Phi) is 3.03. The Morgan fingerprint density at radius 1 is 1.33 bits per heavy atom. The SMILES string of the molecule is O=C(c1c(Br)ccc(O)c1F)C(F)(F)F. The number of benzene rings is 1. The summed E-state index contributed by atoms with van der Waals surface area (Å²) in [7, 11) is 0. The predicted octanol–water partition coefficient (Wildman–Crippen LogP) is 3.04. The summed E-state index contributed by atoms with van der Waals surface area (Å²) in [6.07, 6.45) is -5.18. The fourth-order valence-corrected chi connectivity index (χ4v) is 1.38. The van der Waals surface area contributed by atoms with Gasteiger partial charge in [0.05, 0.1) is 5.56 Å². The molecule has 0 aliphatic carbocycles. The van der Waals surface area contributed by atoms with Crippen LogP contribution in [0.5, 0.6) is 5.75 Å². The van der Waals surface area contributed by atoms with Crippen molar-refractivity contribution in [3.8, 4) is 5.75 Å². The first kappa shape index (κ1) is 12.0. The number of hydrogen-bond acceptors (Lipinski definition) is 2. The van der Waals surface area contributed by atoms with Gasteiger partial charge in [0.1, 0.15) is 0 Å². The topological polar surface area (TPSA) is 37.3 Å².